The molecule has 0 saturated carbocycles. The highest BCUT2D eigenvalue weighted by Crippen LogP contribution is 2.18. The molecule has 0 spiro atoms. The van der Waals surface area contributed by atoms with Crippen molar-refractivity contribution in [2.75, 3.05) is 39.3 Å². The molecule has 2 fully saturated rings. The highest BCUT2D eigenvalue weighted by atomic mass is 16.5. The van der Waals surface area contributed by atoms with Crippen molar-refractivity contribution in [1.82, 2.24) is 20.5 Å². The molecule has 9 nitrogen and oxygen atoms in total. The molecule has 2 heterocycles. The Morgan fingerprint density at radius 2 is 1.87 bits per heavy atom. The number of nitrogens with zero attached hydrogens (tertiary/aromatic N) is 2. The normalized spacial score (nSPS) is 20.8. The Bertz CT molecular complexity index is 467. The van der Waals surface area contributed by atoms with Crippen LogP contribution in [0.25, 0.3) is 0 Å². The van der Waals surface area contributed by atoms with Gasteiger partial charge in [-0.15, -0.1) is 0 Å². The Morgan fingerprint density at radius 3 is 2.39 bits per heavy atom. The first-order valence-corrected chi connectivity index (χ1v) is 7.89. The SMILES string of the molecule is C/C(C(=N)N1CCNCC1)=C(/NN)OC1CCN(C(=O)O)CC1. The summed E-state index contributed by atoms with van der Waals surface area (Å²) >= 11 is 0. The molecule has 1 amide bonds. The van der Waals surface area contributed by atoms with Gasteiger partial charge in [-0.05, 0) is 6.92 Å². The predicted molar refractivity (Wildman–Crippen MR) is 85.9 cm³/mol. The highest BCUT2D eigenvalue weighted by Gasteiger charge is 2.25. The standard InChI is InChI=1S/C14H26N6O3/c1-10(12(15)19-8-4-17-5-9-19)13(18-16)23-11-2-6-20(7-3-11)14(21)22/h11,15,17-18H,2-9,16H2,1H3,(H,21,22)/b13-10+,15-12?. The molecule has 2 rings (SSSR count). The summed E-state index contributed by atoms with van der Waals surface area (Å²) in [6, 6.07) is 0. The van der Waals surface area contributed by atoms with Crippen LogP contribution in [0.2, 0.25) is 0 Å². The van der Waals surface area contributed by atoms with Crippen LogP contribution in [0.3, 0.4) is 0 Å². The van der Waals surface area contributed by atoms with E-state index in [0.717, 1.165) is 26.2 Å². The molecular formula is C14H26N6O3. The van der Waals surface area contributed by atoms with E-state index in [4.69, 9.17) is 21.1 Å². The Labute approximate surface area is 135 Å². The van der Waals surface area contributed by atoms with Crippen molar-refractivity contribution in [2.24, 2.45) is 5.84 Å². The Hall–Kier alpha value is -2.00. The number of rotatable bonds is 4. The lowest BCUT2D eigenvalue weighted by Gasteiger charge is -2.33. The number of amides is 1. The maximum atomic E-state index is 10.9. The molecule has 9 heteroatoms. The number of ether oxygens (including phenoxy) is 1. The summed E-state index contributed by atoms with van der Waals surface area (Å²) in [6.45, 7) is 5.99. The largest absolute Gasteiger partial charge is 0.475 e. The minimum absolute atomic E-state index is 0.0950. The van der Waals surface area contributed by atoms with Crippen LogP contribution in [-0.2, 0) is 4.74 Å². The van der Waals surface area contributed by atoms with Gasteiger partial charge in [-0.2, -0.15) is 0 Å². The number of piperidine rings is 1. The Kier molecular flexibility index (Phi) is 6.05. The van der Waals surface area contributed by atoms with Gasteiger partial charge in [-0.1, -0.05) is 0 Å². The van der Waals surface area contributed by atoms with Crippen molar-refractivity contribution in [3.05, 3.63) is 11.5 Å². The maximum Gasteiger partial charge on any atom is 0.407 e. The van der Waals surface area contributed by atoms with Crippen LogP contribution in [0, 0.1) is 5.41 Å². The maximum absolute atomic E-state index is 10.9. The van der Waals surface area contributed by atoms with Crippen LogP contribution in [0.4, 0.5) is 4.79 Å². The summed E-state index contributed by atoms with van der Waals surface area (Å²) in [5, 5.41) is 20.5. The van der Waals surface area contributed by atoms with Crippen molar-refractivity contribution in [3.63, 3.8) is 0 Å². The summed E-state index contributed by atoms with van der Waals surface area (Å²) < 4.78 is 5.88. The average Bonchev–Trinajstić information content (AvgIpc) is 2.59. The number of nitrogens with two attached hydrogens (primary N) is 1. The Morgan fingerprint density at radius 1 is 1.26 bits per heavy atom. The van der Waals surface area contributed by atoms with Crippen LogP contribution in [0.15, 0.2) is 11.5 Å². The third-order valence-electron chi connectivity index (χ3n) is 4.26. The first-order valence-electron chi connectivity index (χ1n) is 7.89. The van der Waals surface area contributed by atoms with E-state index in [2.05, 4.69) is 10.7 Å². The molecule has 0 aromatic heterocycles. The number of hydrazine groups is 1. The van der Waals surface area contributed by atoms with Gasteiger partial charge >= 0.3 is 6.09 Å². The van der Waals surface area contributed by atoms with Gasteiger partial charge < -0.3 is 25.0 Å². The van der Waals surface area contributed by atoms with E-state index in [9.17, 15) is 4.79 Å². The fraction of sp³-hybridized carbons (Fsp3) is 0.714. The predicted octanol–water partition coefficient (Wildman–Crippen LogP) is -0.277. The zero-order chi connectivity index (χ0) is 16.8. The van der Waals surface area contributed by atoms with Crippen molar-refractivity contribution in [2.45, 2.75) is 25.9 Å². The first-order chi connectivity index (χ1) is 11.0. The molecule has 2 aliphatic heterocycles. The zero-order valence-electron chi connectivity index (χ0n) is 13.5. The van der Waals surface area contributed by atoms with Crippen LogP contribution in [0.1, 0.15) is 19.8 Å². The summed E-state index contributed by atoms with van der Waals surface area (Å²) in [5.41, 5.74) is 3.21. The van der Waals surface area contributed by atoms with E-state index < -0.39 is 6.09 Å². The van der Waals surface area contributed by atoms with Crippen molar-refractivity contribution in [3.8, 4) is 0 Å². The van der Waals surface area contributed by atoms with Crippen LogP contribution >= 0.6 is 0 Å². The molecule has 0 bridgehead atoms. The second kappa shape index (κ2) is 8.02. The monoisotopic (exact) mass is 326 g/mol. The number of carboxylic acid groups (broad SMARTS) is 1. The van der Waals surface area contributed by atoms with Gasteiger partial charge in [0, 0.05) is 52.1 Å². The molecule has 0 aromatic carbocycles. The van der Waals surface area contributed by atoms with E-state index in [0.29, 0.717) is 43.2 Å². The summed E-state index contributed by atoms with van der Waals surface area (Å²) in [5.74, 6) is 6.36. The van der Waals surface area contributed by atoms with Gasteiger partial charge in [0.05, 0.1) is 5.57 Å². The van der Waals surface area contributed by atoms with E-state index >= 15 is 0 Å². The molecule has 0 radical (unpaired) electrons. The molecular weight excluding hydrogens is 300 g/mol. The summed E-state index contributed by atoms with van der Waals surface area (Å²) in [4.78, 5) is 14.3. The lowest BCUT2D eigenvalue weighted by molar-refractivity contribution is 0.0415. The van der Waals surface area contributed by atoms with Crippen LogP contribution < -0.4 is 16.6 Å². The summed E-state index contributed by atoms with van der Waals surface area (Å²) in [6.07, 6.45) is 0.243. The first kappa shape index (κ1) is 17.4. The fourth-order valence-corrected chi connectivity index (χ4v) is 2.80. The number of hydrogen-bond acceptors (Lipinski definition) is 6. The van der Waals surface area contributed by atoms with Crippen molar-refractivity contribution >= 4 is 11.9 Å². The molecule has 2 saturated heterocycles. The summed E-state index contributed by atoms with van der Waals surface area (Å²) in [7, 11) is 0. The second-order valence-electron chi connectivity index (χ2n) is 5.77. The van der Waals surface area contributed by atoms with Gasteiger partial charge in [-0.3, -0.25) is 10.8 Å². The second-order valence-corrected chi connectivity index (χ2v) is 5.77. The number of likely N-dealkylation sites (tertiary alicyclic amines) is 1. The van der Waals surface area contributed by atoms with E-state index in [1.807, 2.05) is 11.8 Å². The van der Waals surface area contributed by atoms with Crippen LogP contribution in [0.5, 0.6) is 0 Å². The third kappa shape index (κ3) is 4.49. The van der Waals surface area contributed by atoms with Crippen molar-refractivity contribution in [1.29, 1.82) is 5.41 Å². The minimum Gasteiger partial charge on any atom is -0.475 e. The zero-order valence-corrected chi connectivity index (χ0v) is 13.5. The lowest BCUT2D eigenvalue weighted by Crippen LogP contribution is -2.47. The smallest absolute Gasteiger partial charge is 0.407 e. The molecule has 2 aliphatic rings. The number of carbonyl (C=O) groups is 1. The molecule has 0 atom stereocenters. The number of piperazine rings is 1. The highest BCUT2D eigenvalue weighted by molar-refractivity contribution is 5.95. The minimum atomic E-state index is -0.896. The van der Waals surface area contributed by atoms with E-state index in [1.165, 1.54) is 4.90 Å². The topological polar surface area (TPSA) is 127 Å². The van der Waals surface area contributed by atoms with Gasteiger partial charge in [0.1, 0.15) is 11.9 Å². The average molecular weight is 326 g/mol. The van der Waals surface area contributed by atoms with Crippen LogP contribution in [-0.4, -0.2) is 72.2 Å². The number of hydrogen-bond donors (Lipinski definition) is 5. The molecule has 0 aromatic rings. The molecule has 0 aliphatic carbocycles. The van der Waals surface area contributed by atoms with E-state index in [-0.39, 0.29) is 6.10 Å². The molecule has 23 heavy (non-hydrogen) atoms. The van der Waals surface area contributed by atoms with E-state index in [1.54, 1.807) is 0 Å². The van der Waals surface area contributed by atoms with Gasteiger partial charge in [0.25, 0.3) is 0 Å². The van der Waals surface area contributed by atoms with Gasteiger partial charge in [0.15, 0.2) is 0 Å². The number of nitrogens with one attached hydrogen (secondary N) is 3. The molecule has 0 unspecified atom stereocenters. The third-order valence-corrected chi connectivity index (χ3v) is 4.26. The van der Waals surface area contributed by atoms with Gasteiger partial charge in [-0.25, -0.2) is 10.6 Å². The Balaban J connectivity index is 1.95. The molecule has 130 valence electrons. The fourth-order valence-electron chi connectivity index (χ4n) is 2.80. The van der Waals surface area contributed by atoms with Crippen molar-refractivity contribution < 1.29 is 14.6 Å². The molecule has 6 N–H and O–H groups in total. The lowest BCUT2D eigenvalue weighted by atomic mass is 10.1. The van der Waals surface area contributed by atoms with Gasteiger partial charge in [0.2, 0.25) is 5.88 Å². The number of amidine groups is 1. The quantitative estimate of drug-likeness (QED) is 0.158.